The number of rotatable bonds is 2. The van der Waals surface area contributed by atoms with Crippen LogP contribution in [0.3, 0.4) is 0 Å². The molecule has 0 saturated heterocycles. The Morgan fingerprint density at radius 2 is 1.67 bits per heavy atom. The van der Waals surface area contributed by atoms with E-state index in [2.05, 4.69) is 9.36 Å². The molecular weight excluding hydrogens is 217 g/mol. The third-order valence-electron chi connectivity index (χ3n) is 0.547. The van der Waals surface area contributed by atoms with Crippen LogP contribution in [-0.4, -0.2) is 60.2 Å². The van der Waals surface area contributed by atoms with Gasteiger partial charge >= 0.3 is 32.3 Å². The van der Waals surface area contributed by atoms with Gasteiger partial charge in [-0.25, -0.2) is 0 Å². The summed E-state index contributed by atoms with van der Waals surface area (Å²) < 4.78 is 4.63. The van der Waals surface area contributed by atoms with Crippen molar-refractivity contribution < 1.29 is 5.11 Å². The van der Waals surface area contributed by atoms with Crippen LogP contribution < -0.4 is 0 Å². The van der Waals surface area contributed by atoms with Gasteiger partial charge in [0.25, 0.3) is 0 Å². The molecule has 0 atom stereocenters. The van der Waals surface area contributed by atoms with Crippen molar-refractivity contribution in [3.8, 4) is 0 Å². The second-order valence-corrected chi connectivity index (χ2v) is 5.40. The average Bonchev–Trinajstić information content (AvgIpc) is 1.67. The fraction of sp³-hybridized carbons (Fsp3) is 1.00. The zero-order valence-corrected chi connectivity index (χ0v) is 10.2. The summed E-state index contributed by atoms with van der Waals surface area (Å²) in [6.45, 7) is 1.02. The molecule has 0 amide bonds. The third kappa shape index (κ3) is 28.2. The Labute approximate surface area is 69.6 Å². The van der Waals surface area contributed by atoms with Crippen LogP contribution in [-0.2, 0) is 0 Å². The van der Waals surface area contributed by atoms with Crippen LogP contribution in [0.1, 0.15) is 0 Å². The molecule has 0 unspecified atom stereocenters. The number of aliphatic hydroxyl groups excluding tert-OH is 1. The molecule has 0 bridgehead atoms. The Morgan fingerprint density at radius 1 is 1.33 bits per heavy atom. The maximum absolute atomic E-state index is 8.20. The van der Waals surface area contributed by atoms with Gasteiger partial charge in [0.2, 0.25) is 0 Å². The second-order valence-electron chi connectivity index (χ2n) is 2.10. The molecule has 0 fully saturated rings. The first kappa shape index (κ1) is 12.5. The van der Waals surface area contributed by atoms with Gasteiger partial charge in [0.05, 0.1) is 6.61 Å². The van der Waals surface area contributed by atoms with Crippen LogP contribution in [0.15, 0.2) is 0 Å². The van der Waals surface area contributed by atoms with Crippen LogP contribution in [0.25, 0.3) is 0 Å². The van der Waals surface area contributed by atoms with Crippen molar-refractivity contribution in [1.82, 2.24) is 4.90 Å². The van der Waals surface area contributed by atoms with E-state index in [0.29, 0.717) is 0 Å². The zero-order valence-electron chi connectivity index (χ0n) is 6.89. The van der Waals surface area contributed by atoms with Crippen molar-refractivity contribution in [3.05, 3.63) is 0 Å². The van der Waals surface area contributed by atoms with Gasteiger partial charge in [-0.3, -0.25) is 0 Å². The molecule has 0 aromatic rings. The summed E-state index contributed by atoms with van der Waals surface area (Å²) in [6, 6.07) is 0. The molecule has 0 spiro atoms. The van der Waals surface area contributed by atoms with Gasteiger partial charge in [0.1, 0.15) is 0 Å². The van der Waals surface area contributed by atoms with E-state index in [1.807, 2.05) is 19.0 Å². The summed E-state index contributed by atoms with van der Waals surface area (Å²) in [7, 11) is 3.85. The minimum absolute atomic E-state index is 0.110. The first-order valence-electron chi connectivity index (χ1n) is 3.18. The molecule has 1 N–H and O–H groups in total. The molecule has 55 valence electrons. The van der Waals surface area contributed by atoms with E-state index in [1.165, 1.54) is 0 Å². The summed E-state index contributed by atoms with van der Waals surface area (Å²) in [6.07, 6.45) is 0. The van der Waals surface area contributed by atoms with Gasteiger partial charge in [-0.05, 0) is 14.1 Å². The molecule has 1 radical (unpaired) electrons. The summed E-state index contributed by atoms with van der Waals surface area (Å²) in [5, 5.41) is 8.20. The number of nitrogens with zero attached hydrogens (tertiary/aromatic N) is 1. The standard InChI is InChI=1S/C4H11NO.2CH3.In/c1-5(2)3-4-6;;;/h6H,3-4H2,1-2H3;2*1H3;. The Hall–Kier alpha value is 0.790. The molecule has 0 saturated carbocycles. The zero-order chi connectivity index (χ0) is 7.70. The van der Waals surface area contributed by atoms with Crippen molar-refractivity contribution in [3.63, 3.8) is 0 Å². The van der Waals surface area contributed by atoms with Crippen LogP contribution >= 0.6 is 0 Å². The van der Waals surface area contributed by atoms with E-state index in [9.17, 15) is 0 Å². The molecule has 0 rings (SSSR count). The van der Waals surface area contributed by atoms with E-state index >= 15 is 0 Å². The van der Waals surface area contributed by atoms with Gasteiger partial charge in [-0.15, -0.1) is 0 Å². The number of hydrogen-bond donors (Lipinski definition) is 1. The molecule has 0 aliphatic rings. The van der Waals surface area contributed by atoms with Crippen LogP contribution in [0.4, 0.5) is 0 Å². The van der Waals surface area contributed by atoms with Crippen LogP contribution in [0.5, 0.6) is 0 Å². The summed E-state index contributed by atoms with van der Waals surface area (Å²) in [5.74, 6) is 0. The molecule has 2 nitrogen and oxygen atoms in total. The Bertz CT molecular complexity index is 42.0. The van der Waals surface area contributed by atoms with Crippen molar-refractivity contribution in [1.29, 1.82) is 0 Å². The van der Waals surface area contributed by atoms with E-state index in [1.54, 1.807) is 0 Å². The van der Waals surface area contributed by atoms with Gasteiger partial charge in [0.15, 0.2) is 0 Å². The predicted octanol–water partition coefficient (Wildman–Crippen LogP) is 0.327. The Balaban J connectivity index is 0. The molecular formula is C6H17InNO. The topological polar surface area (TPSA) is 23.5 Å². The van der Waals surface area contributed by atoms with Gasteiger partial charge in [-0.1, -0.05) is 0 Å². The maximum atomic E-state index is 8.20. The summed E-state index contributed by atoms with van der Waals surface area (Å²) >= 11 is 0.110. The quantitative estimate of drug-likeness (QED) is 0.744. The summed E-state index contributed by atoms with van der Waals surface area (Å²) in [5.41, 5.74) is 0. The normalized spacial score (nSPS) is 8.22. The monoisotopic (exact) mass is 234 g/mol. The molecule has 0 aromatic carbocycles. The van der Waals surface area contributed by atoms with Crippen LogP contribution in [0, 0.1) is 0 Å². The van der Waals surface area contributed by atoms with Crippen molar-refractivity contribution in [2.45, 2.75) is 9.36 Å². The van der Waals surface area contributed by atoms with E-state index in [0.717, 1.165) is 6.54 Å². The van der Waals surface area contributed by atoms with Crippen molar-refractivity contribution in [2.75, 3.05) is 27.2 Å². The number of hydrogen-bond acceptors (Lipinski definition) is 2. The molecule has 0 heterocycles. The third-order valence-corrected chi connectivity index (χ3v) is 0.547. The minimum atomic E-state index is 0.110. The van der Waals surface area contributed by atoms with Crippen molar-refractivity contribution >= 4 is 22.9 Å². The van der Waals surface area contributed by atoms with Gasteiger partial charge in [0, 0.05) is 6.54 Å². The first-order chi connectivity index (χ1) is 4.18. The molecule has 0 aromatic heterocycles. The molecule has 0 aliphatic carbocycles. The van der Waals surface area contributed by atoms with Crippen LogP contribution in [0.2, 0.25) is 9.36 Å². The first-order valence-corrected chi connectivity index (χ1v) is 9.77. The van der Waals surface area contributed by atoms with E-state index in [4.69, 9.17) is 5.11 Å². The Kier molecular flexibility index (Phi) is 16.0. The average molecular weight is 234 g/mol. The van der Waals surface area contributed by atoms with Crippen molar-refractivity contribution in [2.24, 2.45) is 0 Å². The van der Waals surface area contributed by atoms with E-state index in [-0.39, 0.29) is 29.5 Å². The number of aliphatic hydroxyl groups is 1. The SMILES string of the molecule is CN(C)CCO.[CH3][In][CH3]. The number of likely N-dealkylation sites (N-methyl/N-ethyl adjacent to an activating group) is 1. The fourth-order valence-electron chi connectivity index (χ4n) is 0.200. The fourth-order valence-corrected chi connectivity index (χ4v) is 0.200. The predicted molar refractivity (Wildman–Crippen MR) is 43.1 cm³/mol. The van der Waals surface area contributed by atoms with E-state index < -0.39 is 0 Å². The molecule has 0 aliphatic heterocycles. The Morgan fingerprint density at radius 3 is 1.67 bits per heavy atom. The second kappa shape index (κ2) is 11.6. The van der Waals surface area contributed by atoms with Gasteiger partial charge < -0.3 is 10.0 Å². The molecule has 3 heteroatoms. The summed E-state index contributed by atoms with van der Waals surface area (Å²) in [4.78, 5) is 1.93. The molecule has 9 heavy (non-hydrogen) atoms. The van der Waals surface area contributed by atoms with Gasteiger partial charge in [-0.2, -0.15) is 0 Å².